The number of benzene rings is 3. The molecule has 6 rings (SSSR count). The van der Waals surface area contributed by atoms with Gasteiger partial charge in [-0.25, -0.2) is 8.91 Å². The molecule has 3 aromatic carbocycles. The Morgan fingerprint density at radius 2 is 1.74 bits per heavy atom. The summed E-state index contributed by atoms with van der Waals surface area (Å²) in [6, 6.07) is 19.4. The summed E-state index contributed by atoms with van der Waals surface area (Å²) < 4.78 is 24.8. The number of anilines is 1. The molecule has 7 heteroatoms. The summed E-state index contributed by atoms with van der Waals surface area (Å²) in [5, 5.41) is 8.68. The first-order chi connectivity index (χ1) is 20.2. The highest BCUT2D eigenvalue weighted by atomic mass is 32.1. The third kappa shape index (κ3) is 5.22. The first-order valence-electron chi connectivity index (χ1n) is 14.7. The molecular formula is C35H37FN4OS. The molecule has 0 saturated carbocycles. The summed E-state index contributed by atoms with van der Waals surface area (Å²) in [6.07, 6.45) is 2.98. The van der Waals surface area contributed by atoms with Gasteiger partial charge in [0.05, 0.1) is 0 Å². The maximum Gasteiger partial charge on any atom is 0.169 e. The van der Waals surface area contributed by atoms with Gasteiger partial charge in [0.2, 0.25) is 0 Å². The fourth-order valence-electron chi connectivity index (χ4n) is 5.99. The molecular weight excluding hydrogens is 543 g/mol. The summed E-state index contributed by atoms with van der Waals surface area (Å²) in [6.45, 7) is 11.8. The predicted molar refractivity (Wildman–Crippen MR) is 172 cm³/mol. The molecule has 216 valence electrons. The van der Waals surface area contributed by atoms with Crippen molar-refractivity contribution >= 4 is 28.5 Å². The van der Waals surface area contributed by atoms with Gasteiger partial charge in [-0.05, 0) is 98.0 Å². The molecule has 0 spiro atoms. The fourth-order valence-corrected chi connectivity index (χ4v) is 6.28. The van der Waals surface area contributed by atoms with E-state index < -0.39 is 0 Å². The number of halogens is 1. The van der Waals surface area contributed by atoms with Crippen LogP contribution in [-0.4, -0.2) is 19.2 Å². The van der Waals surface area contributed by atoms with Gasteiger partial charge in [-0.15, -0.1) is 5.10 Å². The summed E-state index contributed by atoms with van der Waals surface area (Å²) in [7, 11) is 0. The van der Waals surface area contributed by atoms with Gasteiger partial charge >= 0.3 is 0 Å². The van der Waals surface area contributed by atoms with Gasteiger partial charge in [-0.3, -0.25) is 0 Å². The molecule has 2 aromatic heterocycles. The van der Waals surface area contributed by atoms with E-state index in [1.165, 1.54) is 28.8 Å². The van der Waals surface area contributed by atoms with Crippen LogP contribution in [-0.2, 0) is 19.6 Å². The van der Waals surface area contributed by atoms with Crippen LogP contribution < -0.4 is 10.1 Å². The third-order valence-corrected chi connectivity index (χ3v) is 8.49. The predicted octanol–water partition coefficient (Wildman–Crippen LogP) is 8.69. The van der Waals surface area contributed by atoms with E-state index in [9.17, 15) is 4.39 Å². The number of hydrogen-bond donors (Lipinski definition) is 1. The van der Waals surface area contributed by atoms with Crippen LogP contribution in [0.25, 0.3) is 16.8 Å². The SMILES string of the molecule is Cc1ccc(C)c(NC(=S)c2c(-c3ccc(F)cc3)c3c4n(c(COc5cc(C)ccc5C(C)C)nn24)CCCC3)c1. The largest absolute Gasteiger partial charge is 0.485 e. The Labute approximate surface area is 252 Å². The van der Waals surface area contributed by atoms with Crippen molar-refractivity contribution in [1.29, 1.82) is 0 Å². The number of nitrogens with zero attached hydrogens (tertiary/aromatic N) is 3. The monoisotopic (exact) mass is 580 g/mol. The molecule has 5 aromatic rings. The Morgan fingerprint density at radius 1 is 1.00 bits per heavy atom. The Hall–Kier alpha value is -3.97. The molecule has 1 N–H and O–H groups in total. The van der Waals surface area contributed by atoms with Crippen molar-refractivity contribution in [2.45, 2.75) is 73.0 Å². The molecule has 0 amide bonds. The van der Waals surface area contributed by atoms with E-state index in [2.05, 4.69) is 80.9 Å². The summed E-state index contributed by atoms with van der Waals surface area (Å²) in [4.78, 5) is 0.586. The van der Waals surface area contributed by atoms with Crippen molar-refractivity contribution in [3.8, 4) is 16.9 Å². The first kappa shape index (κ1) is 28.2. The number of nitrogens with one attached hydrogen (secondary N) is 1. The van der Waals surface area contributed by atoms with Crippen molar-refractivity contribution in [3.05, 3.63) is 106 Å². The maximum atomic E-state index is 14.0. The Bertz CT molecular complexity index is 1800. The van der Waals surface area contributed by atoms with Crippen molar-refractivity contribution in [2.24, 2.45) is 0 Å². The van der Waals surface area contributed by atoms with Gasteiger partial charge in [0.15, 0.2) is 5.82 Å². The zero-order valence-electron chi connectivity index (χ0n) is 24.9. The highest BCUT2D eigenvalue weighted by molar-refractivity contribution is 7.81. The van der Waals surface area contributed by atoms with Gasteiger partial charge in [-0.1, -0.05) is 62.5 Å². The number of thiocarbonyl (C=S) groups is 1. The molecule has 5 nitrogen and oxygen atoms in total. The highest BCUT2D eigenvalue weighted by Gasteiger charge is 2.29. The number of aryl methyl sites for hydroxylation is 5. The van der Waals surface area contributed by atoms with Crippen LogP contribution in [0.15, 0.2) is 60.7 Å². The first-order valence-corrected chi connectivity index (χ1v) is 15.1. The van der Waals surface area contributed by atoms with Gasteiger partial charge < -0.3 is 14.6 Å². The van der Waals surface area contributed by atoms with Crippen LogP contribution in [0, 0.1) is 26.6 Å². The van der Waals surface area contributed by atoms with Gasteiger partial charge in [0.1, 0.15) is 34.5 Å². The van der Waals surface area contributed by atoms with E-state index in [0.717, 1.165) is 76.7 Å². The molecule has 0 unspecified atom stereocenters. The van der Waals surface area contributed by atoms with E-state index in [0.29, 0.717) is 17.5 Å². The highest BCUT2D eigenvalue weighted by Crippen LogP contribution is 2.38. The summed E-state index contributed by atoms with van der Waals surface area (Å²) in [5.41, 5.74) is 10.6. The Morgan fingerprint density at radius 3 is 2.50 bits per heavy atom. The molecule has 0 saturated heterocycles. The molecule has 0 atom stereocenters. The van der Waals surface area contributed by atoms with Crippen LogP contribution in [0.2, 0.25) is 0 Å². The Kier molecular flexibility index (Phi) is 7.62. The quantitative estimate of drug-likeness (QED) is 0.196. The molecule has 1 aliphatic rings. The molecule has 0 bridgehead atoms. The van der Waals surface area contributed by atoms with Gasteiger partial charge in [0.25, 0.3) is 0 Å². The number of ether oxygens (including phenoxy) is 1. The van der Waals surface area contributed by atoms with Crippen molar-refractivity contribution < 1.29 is 9.13 Å². The standard InChI is InChI=1S/C35H37FN4OS/c1-21(2)27-16-10-23(4)19-30(27)41-20-31-38-40-33(34(42)37-29-18-22(3)9-11-24(29)5)32(25-12-14-26(36)15-13-25)28-8-6-7-17-39(31)35(28)40/h9-16,18-19,21H,6-8,17,20H2,1-5H3,(H,37,42). The van der Waals surface area contributed by atoms with E-state index in [1.807, 2.05) is 16.6 Å². The zero-order chi connectivity index (χ0) is 29.5. The molecule has 0 aliphatic carbocycles. The second-order valence-electron chi connectivity index (χ2n) is 11.7. The van der Waals surface area contributed by atoms with Crippen molar-refractivity contribution in [3.63, 3.8) is 0 Å². The van der Waals surface area contributed by atoms with E-state index in [-0.39, 0.29) is 5.82 Å². The lowest BCUT2D eigenvalue weighted by molar-refractivity contribution is 0.284. The van der Waals surface area contributed by atoms with E-state index in [4.69, 9.17) is 22.1 Å². The van der Waals surface area contributed by atoms with E-state index in [1.54, 1.807) is 0 Å². The minimum absolute atomic E-state index is 0.259. The van der Waals surface area contributed by atoms with E-state index >= 15 is 0 Å². The molecule has 0 radical (unpaired) electrons. The lowest BCUT2D eigenvalue weighted by Crippen LogP contribution is -2.16. The normalized spacial score (nSPS) is 13.0. The van der Waals surface area contributed by atoms with Crippen molar-refractivity contribution in [2.75, 3.05) is 5.32 Å². The average molecular weight is 581 g/mol. The molecule has 1 aliphatic heterocycles. The topological polar surface area (TPSA) is 43.5 Å². The number of hydrogen-bond acceptors (Lipinski definition) is 3. The number of rotatable bonds is 7. The summed E-state index contributed by atoms with van der Waals surface area (Å²) >= 11 is 6.13. The second kappa shape index (κ2) is 11.4. The second-order valence-corrected chi connectivity index (χ2v) is 12.1. The van der Waals surface area contributed by atoms with Crippen LogP contribution >= 0.6 is 12.2 Å². The molecule has 0 fully saturated rings. The lowest BCUT2D eigenvalue weighted by Gasteiger charge is -2.15. The maximum absolute atomic E-state index is 14.0. The lowest BCUT2D eigenvalue weighted by atomic mass is 9.98. The zero-order valence-corrected chi connectivity index (χ0v) is 25.7. The smallest absolute Gasteiger partial charge is 0.169 e. The van der Waals surface area contributed by atoms with Gasteiger partial charge in [0, 0.05) is 23.4 Å². The minimum atomic E-state index is -0.259. The van der Waals surface area contributed by atoms with Crippen LogP contribution in [0.5, 0.6) is 5.75 Å². The van der Waals surface area contributed by atoms with Crippen LogP contribution in [0.3, 0.4) is 0 Å². The summed E-state index contributed by atoms with van der Waals surface area (Å²) in [5.74, 6) is 1.86. The molecule has 42 heavy (non-hydrogen) atoms. The minimum Gasteiger partial charge on any atom is -0.485 e. The number of aromatic nitrogens is 3. The van der Waals surface area contributed by atoms with Crippen molar-refractivity contribution in [1.82, 2.24) is 14.2 Å². The third-order valence-electron chi connectivity index (χ3n) is 8.20. The molecule has 3 heterocycles. The fraction of sp³-hybridized carbons (Fsp3) is 0.314. The van der Waals surface area contributed by atoms with Crippen LogP contribution in [0.1, 0.15) is 71.9 Å². The van der Waals surface area contributed by atoms with Gasteiger partial charge in [-0.2, -0.15) is 0 Å². The van der Waals surface area contributed by atoms with Crippen LogP contribution in [0.4, 0.5) is 10.1 Å². The Balaban J connectivity index is 1.49. The average Bonchev–Trinajstić information content (AvgIpc) is 3.35.